The summed E-state index contributed by atoms with van der Waals surface area (Å²) in [6.07, 6.45) is 0. The van der Waals surface area contributed by atoms with Gasteiger partial charge in [-0.2, -0.15) is 0 Å². The van der Waals surface area contributed by atoms with Crippen LogP contribution in [0.1, 0.15) is 15.9 Å². The van der Waals surface area contributed by atoms with Gasteiger partial charge in [-0.3, -0.25) is 4.79 Å². The lowest BCUT2D eigenvalue weighted by molar-refractivity contribution is 0.100. The highest BCUT2D eigenvalue weighted by atomic mass is 79.9. The van der Waals surface area contributed by atoms with Gasteiger partial charge in [0.15, 0.2) is 0 Å². The molecule has 3 N–H and O–H groups in total. The maximum Gasteiger partial charge on any atom is 0.248 e. The lowest BCUT2D eigenvalue weighted by Crippen LogP contribution is -2.12. The number of nitrogens with two attached hydrogens (primary N) is 1. The number of carbonyl (C=O) groups excluding carboxylic acids is 1. The Balaban J connectivity index is 2.24. The van der Waals surface area contributed by atoms with E-state index < -0.39 is 5.91 Å². The number of ether oxygens (including phenoxy) is 1. The van der Waals surface area contributed by atoms with Crippen molar-refractivity contribution in [2.75, 3.05) is 12.4 Å². The first-order chi connectivity index (χ1) is 10.0. The monoisotopic (exact) mass is 368 g/mol. The van der Waals surface area contributed by atoms with Crippen LogP contribution in [0.5, 0.6) is 5.75 Å². The minimum Gasteiger partial charge on any atom is -0.495 e. The highest BCUT2D eigenvalue weighted by molar-refractivity contribution is 9.10. The van der Waals surface area contributed by atoms with E-state index in [0.29, 0.717) is 28.6 Å². The molecule has 0 fully saturated rings. The average Bonchev–Trinajstić information content (AvgIpc) is 2.47. The molecule has 2 aromatic rings. The van der Waals surface area contributed by atoms with E-state index in [-0.39, 0.29) is 0 Å². The molecule has 6 heteroatoms. The second-order valence-electron chi connectivity index (χ2n) is 4.37. The summed E-state index contributed by atoms with van der Waals surface area (Å²) in [6, 6.07) is 10.6. The van der Waals surface area contributed by atoms with E-state index in [0.717, 1.165) is 10.0 Å². The molecular weight excluding hydrogens is 356 g/mol. The number of amides is 1. The number of halogens is 2. The van der Waals surface area contributed by atoms with Crippen molar-refractivity contribution in [1.82, 2.24) is 0 Å². The third-order valence-electron chi connectivity index (χ3n) is 2.96. The molecule has 0 heterocycles. The zero-order chi connectivity index (χ0) is 15.4. The standard InChI is InChI=1S/C15H14BrClN2O2/c1-21-14-5-2-9(15(18)20)7-13(14)19-8-10-6-11(16)3-4-12(10)17/h2-7,19H,8H2,1H3,(H2,18,20). The van der Waals surface area contributed by atoms with Gasteiger partial charge in [0.2, 0.25) is 5.91 Å². The Morgan fingerprint density at radius 1 is 1.33 bits per heavy atom. The zero-order valence-electron chi connectivity index (χ0n) is 11.3. The van der Waals surface area contributed by atoms with Gasteiger partial charge in [0.05, 0.1) is 12.8 Å². The largest absolute Gasteiger partial charge is 0.495 e. The van der Waals surface area contributed by atoms with Gasteiger partial charge in [0.25, 0.3) is 0 Å². The SMILES string of the molecule is COc1ccc(C(N)=O)cc1NCc1cc(Br)ccc1Cl. The second kappa shape index (κ2) is 6.83. The Labute approximate surface area is 136 Å². The van der Waals surface area contributed by atoms with Crippen molar-refractivity contribution < 1.29 is 9.53 Å². The van der Waals surface area contributed by atoms with E-state index in [4.69, 9.17) is 22.1 Å². The van der Waals surface area contributed by atoms with Crippen molar-refractivity contribution >= 4 is 39.1 Å². The number of carbonyl (C=O) groups is 1. The lowest BCUT2D eigenvalue weighted by atomic mass is 10.1. The van der Waals surface area contributed by atoms with Crippen LogP contribution < -0.4 is 15.8 Å². The van der Waals surface area contributed by atoms with Crippen molar-refractivity contribution in [2.24, 2.45) is 5.73 Å². The number of benzene rings is 2. The van der Waals surface area contributed by atoms with E-state index in [1.807, 2.05) is 18.2 Å². The van der Waals surface area contributed by atoms with Gasteiger partial charge in [0.1, 0.15) is 5.75 Å². The number of hydrogen-bond acceptors (Lipinski definition) is 3. The molecule has 0 spiro atoms. The summed E-state index contributed by atoms with van der Waals surface area (Å²) in [5.41, 5.74) is 7.32. The second-order valence-corrected chi connectivity index (χ2v) is 5.69. The van der Waals surface area contributed by atoms with Crippen LogP contribution in [0.25, 0.3) is 0 Å². The van der Waals surface area contributed by atoms with Crippen LogP contribution in [0.4, 0.5) is 5.69 Å². The fourth-order valence-electron chi connectivity index (χ4n) is 1.87. The molecule has 0 aliphatic rings. The molecule has 2 aromatic carbocycles. The summed E-state index contributed by atoms with van der Waals surface area (Å²) in [4.78, 5) is 11.3. The third kappa shape index (κ3) is 3.89. The van der Waals surface area contributed by atoms with Gasteiger partial charge in [-0.15, -0.1) is 0 Å². The van der Waals surface area contributed by atoms with Gasteiger partial charge in [-0.05, 0) is 42.0 Å². The predicted molar refractivity (Wildman–Crippen MR) is 88.0 cm³/mol. The molecular formula is C15H14BrClN2O2. The molecule has 0 aliphatic carbocycles. The first-order valence-electron chi connectivity index (χ1n) is 6.17. The normalized spacial score (nSPS) is 10.2. The van der Waals surface area contributed by atoms with Crippen LogP contribution in [0, 0.1) is 0 Å². The molecule has 0 saturated heterocycles. The van der Waals surface area contributed by atoms with Crippen LogP contribution in [-0.4, -0.2) is 13.0 Å². The molecule has 21 heavy (non-hydrogen) atoms. The van der Waals surface area contributed by atoms with E-state index in [9.17, 15) is 4.79 Å². The molecule has 2 rings (SSSR count). The van der Waals surface area contributed by atoms with Gasteiger partial charge in [-0.25, -0.2) is 0 Å². The van der Waals surface area contributed by atoms with Crippen LogP contribution in [-0.2, 0) is 6.54 Å². The smallest absolute Gasteiger partial charge is 0.248 e. The minimum atomic E-state index is -0.485. The first kappa shape index (κ1) is 15.7. The summed E-state index contributed by atoms with van der Waals surface area (Å²) in [5.74, 6) is 0.146. The molecule has 0 saturated carbocycles. The molecule has 1 amide bonds. The van der Waals surface area contributed by atoms with Crippen molar-refractivity contribution in [3.05, 3.63) is 57.0 Å². The molecule has 0 atom stereocenters. The Morgan fingerprint density at radius 3 is 2.76 bits per heavy atom. The molecule has 0 radical (unpaired) electrons. The first-order valence-corrected chi connectivity index (χ1v) is 7.34. The van der Waals surface area contributed by atoms with E-state index in [1.165, 1.54) is 0 Å². The van der Waals surface area contributed by atoms with Crippen LogP contribution in [0.15, 0.2) is 40.9 Å². The van der Waals surface area contributed by atoms with E-state index in [1.54, 1.807) is 25.3 Å². The minimum absolute atomic E-state index is 0.415. The lowest BCUT2D eigenvalue weighted by Gasteiger charge is -2.13. The Bertz CT molecular complexity index is 677. The van der Waals surface area contributed by atoms with Crippen molar-refractivity contribution in [2.45, 2.75) is 6.54 Å². The van der Waals surface area contributed by atoms with Crippen LogP contribution >= 0.6 is 27.5 Å². The summed E-state index contributed by atoms with van der Waals surface area (Å²) in [6.45, 7) is 0.497. The highest BCUT2D eigenvalue weighted by Gasteiger charge is 2.08. The number of hydrogen-bond donors (Lipinski definition) is 2. The highest BCUT2D eigenvalue weighted by Crippen LogP contribution is 2.27. The van der Waals surface area contributed by atoms with Crippen molar-refractivity contribution in [3.8, 4) is 5.75 Å². The van der Waals surface area contributed by atoms with Crippen molar-refractivity contribution in [3.63, 3.8) is 0 Å². The van der Waals surface area contributed by atoms with Crippen LogP contribution in [0.2, 0.25) is 5.02 Å². The molecule has 0 aromatic heterocycles. The summed E-state index contributed by atoms with van der Waals surface area (Å²) in [7, 11) is 1.57. The Hall–Kier alpha value is -1.72. The van der Waals surface area contributed by atoms with Gasteiger partial charge >= 0.3 is 0 Å². The van der Waals surface area contributed by atoms with Crippen molar-refractivity contribution in [1.29, 1.82) is 0 Å². The third-order valence-corrected chi connectivity index (χ3v) is 3.82. The summed E-state index contributed by atoms with van der Waals surface area (Å²) >= 11 is 9.56. The fraction of sp³-hybridized carbons (Fsp3) is 0.133. The molecule has 0 bridgehead atoms. The number of primary amides is 1. The maximum atomic E-state index is 11.3. The molecule has 4 nitrogen and oxygen atoms in total. The van der Waals surface area contributed by atoms with Crippen LogP contribution in [0.3, 0.4) is 0 Å². The topological polar surface area (TPSA) is 64.3 Å². The summed E-state index contributed by atoms with van der Waals surface area (Å²) < 4.78 is 6.21. The number of anilines is 1. The van der Waals surface area contributed by atoms with Gasteiger partial charge in [-0.1, -0.05) is 27.5 Å². The zero-order valence-corrected chi connectivity index (χ0v) is 13.7. The average molecular weight is 370 g/mol. The Kier molecular flexibility index (Phi) is 5.09. The fourth-order valence-corrected chi connectivity index (χ4v) is 2.46. The van der Waals surface area contributed by atoms with Gasteiger partial charge < -0.3 is 15.8 Å². The Morgan fingerprint density at radius 2 is 2.10 bits per heavy atom. The number of rotatable bonds is 5. The number of nitrogens with one attached hydrogen (secondary N) is 1. The molecule has 0 unspecified atom stereocenters. The quantitative estimate of drug-likeness (QED) is 0.842. The van der Waals surface area contributed by atoms with E-state index >= 15 is 0 Å². The predicted octanol–water partition coefficient (Wildman–Crippen LogP) is 3.82. The summed E-state index contributed by atoms with van der Waals surface area (Å²) in [5, 5.41) is 3.87. The number of methoxy groups -OCH3 is 1. The molecule has 110 valence electrons. The molecule has 0 aliphatic heterocycles. The van der Waals surface area contributed by atoms with Gasteiger partial charge in [0, 0.05) is 21.6 Å². The maximum absolute atomic E-state index is 11.3. The van der Waals surface area contributed by atoms with E-state index in [2.05, 4.69) is 21.2 Å².